The third-order valence-electron chi connectivity index (χ3n) is 4.36. The second-order valence-corrected chi connectivity index (χ2v) is 6.69. The van der Waals surface area contributed by atoms with Crippen LogP contribution in [-0.4, -0.2) is 50.0 Å². The average molecular weight is 392 g/mol. The van der Waals surface area contributed by atoms with E-state index in [4.69, 9.17) is 0 Å². The molecule has 0 saturated carbocycles. The van der Waals surface area contributed by atoms with E-state index in [-0.39, 0.29) is 24.9 Å². The van der Waals surface area contributed by atoms with E-state index in [2.05, 4.69) is 20.7 Å². The van der Waals surface area contributed by atoms with Crippen molar-refractivity contribution in [3.8, 4) is 11.4 Å². The van der Waals surface area contributed by atoms with Crippen LogP contribution in [0.5, 0.6) is 0 Å². The SMILES string of the molecule is CCCN(CC(=O)Nc1ccccc1C)C(=O)Cn1nnc(-c2ccccc2)n1. The molecule has 0 unspecified atom stereocenters. The molecule has 2 amide bonds. The van der Waals surface area contributed by atoms with Gasteiger partial charge in [-0.3, -0.25) is 9.59 Å². The van der Waals surface area contributed by atoms with Crippen LogP contribution < -0.4 is 5.32 Å². The number of rotatable bonds is 8. The zero-order valence-corrected chi connectivity index (χ0v) is 16.6. The summed E-state index contributed by atoms with van der Waals surface area (Å²) >= 11 is 0. The van der Waals surface area contributed by atoms with E-state index in [0.29, 0.717) is 12.4 Å². The summed E-state index contributed by atoms with van der Waals surface area (Å²) in [5.74, 6) is -0.0147. The number of amides is 2. The standard InChI is InChI=1S/C21H24N6O2/c1-3-13-26(14-19(28)22-18-12-8-7-9-16(18)2)20(29)15-27-24-21(23-25-27)17-10-5-4-6-11-17/h4-12H,3,13-15H2,1-2H3,(H,22,28). The number of carbonyl (C=O) groups excluding carboxylic acids is 2. The van der Waals surface area contributed by atoms with E-state index in [1.165, 1.54) is 9.70 Å². The van der Waals surface area contributed by atoms with Crippen molar-refractivity contribution in [3.63, 3.8) is 0 Å². The predicted octanol–water partition coefficient (Wildman–Crippen LogP) is 2.53. The van der Waals surface area contributed by atoms with E-state index >= 15 is 0 Å². The molecule has 0 aliphatic carbocycles. The number of anilines is 1. The zero-order chi connectivity index (χ0) is 20.6. The fraction of sp³-hybridized carbons (Fsp3) is 0.286. The lowest BCUT2D eigenvalue weighted by Crippen LogP contribution is -2.40. The van der Waals surface area contributed by atoms with E-state index in [1.54, 1.807) is 0 Å². The van der Waals surface area contributed by atoms with Crippen LogP contribution in [0.25, 0.3) is 11.4 Å². The molecular formula is C21H24N6O2. The van der Waals surface area contributed by atoms with Gasteiger partial charge in [0.25, 0.3) is 0 Å². The highest BCUT2D eigenvalue weighted by atomic mass is 16.2. The second-order valence-electron chi connectivity index (χ2n) is 6.69. The number of nitrogens with zero attached hydrogens (tertiary/aromatic N) is 5. The van der Waals surface area contributed by atoms with Gasteiger partial charge in [-0.1, -0.05) is 55.5 Å². The van der Waals surface area contributed by atoms with Gasteiger partial charge in [-0.15, -0.1) is 10.2 Å². The summed E-state index contributed by atoms with van der Waals surface area (Å²) in [5.41, 5.74) is 2.54. The summed E-state index contributed by atoms with van der Waals surface area (Å²) in [6, 6.07) is 17.0. The van der Waals surface area contributed by atoms with Crippen LogP contribution in [0.15, 0.2) is 54.6 Å². The molecule has 8 heteroatoms. The monoisotopic (exact) mass is 392 g/mol. The minimum atomic E-state index is -0.238. The summed E-state index contributed by atoms with van der Waals surface area (Å²) in [6.45, 7) is 4.25. The molecule has 8 nitrogen and oxygen atoms in total. The van der Waals surface area contributed by atoms with Crippen LogP contribution in [-0.2, 0) is 16.1 Å². The predicted molar refractivity (Wildman–Crippen MR) is 110 cm³/mol. The van der Waals surface area contributed by atoms with Gasteiger partial charge in [0.05, 0.1) is 6.54 Å². The van der Waals surface area contributed by atoms with Crippen molar-refractivity contribution in [2.75, 3.05) is 18.4 Å². The summed E-state index contributed by atoms with van der Waals surface area (Å²) in [4.78, 5) is 27.9. The molecule has 0 fully saturated rings. The molecule has 1 heterocycles. The van der Waals surface area contributed by atoms with Crippen molar-refractivity contribution in [2.24, 2.45) is 0 Å². The van der Waals surface area contributed by atoms with Crippen molar-refractivity contribution >= 4 is 17.5 Å². The van der Waals surface area contributed by atoms with Crippen LogP contribution in [0.1, 0.15) is 18.9 Å². The Hall–Kier alpha value is -3.55. The Kier molecular flexibility index (Phi) is 6.67. The third kappa shape index (κ3) is 5.47. The number of benzene rings is 2. The second kappa shape index (κ2) is 9.59. The highest BCUT2D eigenvalue weighted by Crippen LogP contribution is 2.13. The molecule has 0 radical (unpaired) electrons. The molecule has 0 bridgehead atoms. The molecular weight excluding hydrogens is 368 g/mol. The topological polar surface area (TPSA) is 93.0 Å². The quantitative estimate of drug-likeness (QED) is 0.636. The van der Waals surface area contributed by atoms with E-state index in [9.17, 15) is 9.59 Å². The van der Waals surface area contributed by atoms with Crippen molar-refractivity contribution in [3.05, 3.63) is 60.2 Å². The summed E-state index contributed by atoms with van der Waals surface area (Å²) in [6.07, 6.45) is 0.740. The first kappa shape index (κ1) is 20.2. The number of carbonyl (C=O) groups is 2. The zero-order valence-electron chi connectivity index (χ0n) is 16.6. The van der Waals surface area contributed by atoms with Crippen LogP contribution in [0.2, 0.25) is 0 Å². The highest BCUT2D eigenvalue weighted by molar-refractivity contribution is 5.95. The fourth-order valence-corrected chi connectivity index (χ4v) is 2.87. The largest absolute Gasteiger partial charge is 0.332 e. The van der Waals surface area contributed by atoms with Crippen molar-refractivity contribution < 1.29 is 9.59 Å². The highest BCUT2D eigenvalue weighted by Gasteiger charge is 2.19. The molecule has 3 rings (SSSR count). The minimum Gasteiger partial charge on any atom is -0.332 e. The van der Waals surface area contributed by atoms with E-state index in [0.717, 1.165) is 23.2 Å². The van der Waals surface area contributed by atoms with Gasteiger partial charge in [0.1, 0.15) is 6.54 Å². The average Bonchev–Trinajstić information content (AvgIpc) is 3.18. The van der Waals surface area contributed by atoms with Gasteiger partial charge in [-0.2, -0.15) is 4.80 Å². The van der Waals surface area contributed by atoms with Crippen molar-refractivity contribution in [1.82, 2.24) is 25.1 Å². The Bertz CT molecular complexity index is 970. The van der Waals surface area contributed by atoms with Gasteiger partial charge in [-0.25, -0.2) is 0 Å². The molecule has 1 aromatic heterocycles. The maximum Gasteiger partial charge on any atom is 0.246 e. The Balaban J connectivity index is 1.63. The smallest absolute Gasteiger partial charge is 0.246 e. The Morgan fingerprint density at radius 1 is 1.07 bits per heavy atom. The Labute approximate surface area is 169 Å². The molecule has 3 aromatic rings. The number of para-hydroxylation sites is 1. The first-order valence-corrected chi connectivity index (χ1v) is 9.53. The first-order chi connectivity index (χ1) is 14.1. The molecule has 2 aromatic carbocycles. The first-order valence-electron chi connectivity index (χ1n) is 9.53. The molecule has 0 saturated heterocycles. The van der Waals surface area contributed by atoms with Gasteiger partial charge in [0, 0.05) is 17.8 Å². The lowest BCUT2D eigenvalue weighted by atomic mass is 10.2. The molecule has 0 atom stereocenters. The lowest BCUT2D eigenvalue weighted by molar-refractivity contribution is -0.135. The van der Waals surface area contributed by atoms with E-state index in [1.807, 2.05) is 68.4 Å². The third-order valence-corrected chi connectivity index (χ3v) is 4.36. The minimum absolute atomic E-state index is 0.0265. The van der Waals surface area contributed by atoms with Gasteiger partial charge >= 0.3 is 0 Å². The van der Waals surface area contributed by atoms with E-state index < -0.39 is 0 Å². The molecule has 150 valence electrons. The number of nitrogens with one attached hydrogen (secondary N) is 1. The Morgan fingerprint density at radius 2 is 1.79 bits per heavy atom. The van der Waals surface area contributed by atoms with Gasteiger partial charge in [0.2, 0.25) is 17.6 Å². The van der Waals surface area contributed by atoms with Gasteiger partial charge < -0.3 is 10.2 Å². The summed E-state index contributed by atoms with van der Waals surface area (Å²) in [7, 11) is 0. The Morgan fingerprint density at radius 3 is 2.52 bits per heavy atom. The van der Waals surface area contributed by atoms with Crippen LogP contribution in [0.3, 0.4) is 0 Å². The summed E-state index contributed by atoms with van der Waals surface area (Å²) in [5, 5.41) is 15.1. The normalized spacial score (nSPS) is 10.6. The van der Waals surface area contributed by atoms with Crippen molar-refractivity contribution in [2.45, 2.75) is 26.8 Å². The number of aromatic nitrogens is 4. The van der Waals surface area contributed by atoms with Crippen LogP contribution in [0.4, 0.5) is 5.69 Å². The van der Waals surface area contributed by atoms with Crippen molar-refractivity contribution in [1.29, 1.82) is 0 Å². The molecule has 0 spiro atoms. The maximum atomic E-state index is 12.7. The number of tetrazole rings is 1. The van der Waals surface area contributed by atoms with Gasteiger partial charge in [0.15, 0.2) is 0 Å². The fourth-order valence-electron chi connectivity index (χ4n) is 2.87. The number of aryl methyl sites for hydroxylation is 1. The van der Waals surface area contributed by atoms with Gasteiger partial charge in [-0.05, 0) is 30.2 Å². The number of hydrogen-bond acceptors (Lipinski definition) is 5. The molecule has 1 N–H and O–H groups in total. The number of hydrogen-bond donors (Lipinski definition) is 1. The molecule has 0 aliphatic heterocycles. The van der Waals surface area contributed by atoms with Crippen LogP contribution in [0, 0.1) is 6.92 Å². The molecule has 0 aliphatic rings. The molecule has 29 heavy (non-hydrogen) atoms. The van der Waals surface area contributed by atoms with Crippen LogP contribution >= 0.6 is 0 Å². The summed E-state index contributed by atoms with van der Waals surface area (Å²) < 4.78 is 0. The lowest BCUT2D eigenvalue weighted by Gasteiger charge is -2.21. The maximum absolute atomic E-state index is 12.7.